The van der Waals surface area contributed by atoms with Gasteiger partial charge in [-0.05, 0) is 24.7 Å². The maximum absolute atomic E-state index is 12.2. The molecule has 0 bridgehead atoms. The lowest BCUT2D eigenvalue weighted by Gasteiger charge is -2.15. The molecule has 0 aromatic rings. The van der Waals surface area contributed by atoms with Crippen LogP contribution in [0.3, 0.4) is 0 Å². The van der Waals surface area contributed by atoms with E-state index in [0.29, 0.717) is 12.8 Å². The SMILES string of the molecule is CCC(C)CCCCCCCCCCCCCCCCCCCCC(=O)O[C@@H](CO)COC(=O)CCCCCCCCCCCCCCCCCC(C)C. The van der Waals surface area contributed by atoms with E-state index in [0.717, 1.165) is 43.9 Å². The van der Waals surface area contributed by atoms with E-state index in [1.165, 1.54) is 199 Å². The van der Waals surface area contributed by atoms with E-state index < -0.39 is 6.10 Å². The van der Waals surface area contributed by atoms with Gasteiger partial charge in [0.15, 0.2) is 6.10 Å². The Kier molecular flexibility index (Phi) is 42.2. The molecule has 1 N–H and O–H groups in total. The van der Waals surface area contributed by atoms with Crippen LogP contribution in [0.25, 0.3) is 0 Å². The van der Waals surface area contributed by atoms with Gasteiger partial charge in [0.1, 0.15) is 6.61 Å². The van der Waals surface area contributed by atoms with Crippen LogP contribution in [0.1, 0.15) is 272 Å². The summed E-state index contributed by atoms with van der Waals surface area (Å²) in [6, 6.07) is 0. The Morgan fingerprint density at radius 2 is 0.722 bits per heavy atom. The average molecular weight is 765 g/mol. The number of hydrogen-bond acceptors (Lipinski definition) is 5. The van der Waals surface area contributed by atoms with Crippen LogP contribution in [0.5, 0.6) is 0 Å². The van der Waals surface area contributed by atoms with Crippen LogP contribution in [-0.2, 0) is 19.1 Å². The molecule has 322 valence electrons. The predicted octanol–water partition coefficient (Wildman–Crippen LogP) is 15.6. The molecule has 0 aliphatic rings. The number of hydrogen-bond donors (Lipinski definition) is 1. The molecular weight excluding hydrogens is 669 g/mol. The summed E-state index contributed by atoms with van der Waals surface area (Å²) >= 11 is 0. The molecule has 0 amide bonds. The standard InChI is InChI=1S/C49H96O5/c1-5-46(4)40-36-32-28-24-20-16-12-8-6-7-9-13-18-22-26-30-34-38-42-49(52)54-47(43-50)44-53-48(51)41-37-33-29-25-21-17-14-10-11-15-19-23-27-31-35-39-45(2)3/h45-47,50H,5-44H2,1-4H3/t46?,47-/m0/s1. The van der Waals surface area contributed by atoms with E-state index in [1.807, 2.05) is 0 Å². The van der Waals surface area contributed by atoms with Crippen LogP contribution in [0, 0.1) is 11.8 Å². The zero-order valence-electron chi connectivity index (χ0n) is 37.1. The van der Waals surface area contributed by atoms with Gasteiger partial charge in [0.25, 0.3) is 0 Å². The summed E-state index contributed by atoms with van der Waals surface area (Å²) < 4.78 is 10.7. The minimum Gasteiger partial charge on any atom is -0.462 e. The zero-order chi connectivity index (χ0) is 39.6. The smallest absolute Gasteiger partial charge is 0.306 e. The molecule has 0 heterocycles. The van der Waals surface area contributed by atoms with E-state index in [9.17, 15) is 14.7 Å². The Morgan fingerprint density at radius 1 is 0.426 bits per heavy atom. The Balaban J connectivity index is 3.45. The highest BCUT2D eigenvalue weighted by atomic mass is 16.6. The minimum atomic E-state index is -0.764. The van der Waals surface area contributed by atoms with Crippen LogP contribution in [0.4, 0.5) is 0 Å². The Morgan fingerprint density at radius 3 is 1.04 bits per heavy atom. The second-order valence-electron chi connectivity index (χ2n) is 17.6. The predicted molar refractivity (Wildman–Crippen MR) is 233 cm³/mol. The van der Waals surface area contributed by atoms with Crippen LogP contribution in [0.2, 0.25) is 0 Å². The van der Waals surface area contributed by atoms with Gasteiger partial charge in [0, 0.05) is 12.8 Å². The topological polar surface area (TPSA) is 72.8 Å². The van der Waals surface area contributed by atoms with Crippen molar-refractivity contribution in [3.05, 3.63) is 0 Å². The highest BCUT2D eigenvalue weighted by Gasteiger charge is 2.16. The van der Waals surface area contributed by atoms with Crippen molar-refractivity contribution in [3.8, 4) is 0 Å². The van der Waals surface area contributed by atoms with Gasteiger partial charge in [0.05, 0.1) is 6.61 Å². The summed E-state index contributed by atoms with van der Waals surface area (Å²) in [5.74, 6) is 1.20. The molecule has 5 nitrogen and oxygen atoms in total. The largest absolute Gasteiger partial charge is 0.462 e. The summed E-state index contributed by atoms with van der Waals surface area (Å²) in [4.78, 5) is 24.4. The second-order valence-corrected chi connectivity index (χ2v) is 17.6. The summed E-state index contributed by atoms with van der Waals surface area (Å²) in [6.45, 7) is 8.95. The second kappa shape index (κ2) is 43.0. The van der Waals surface area contributed by atoms with Gasteiger partial charge in [-0.1, -0.05) is 246 Å². The molecule has 0 aromatic heterocycles. The third kappa shape index (κ3) is 42.1. The lowest BCUT2D eigenvalue weighted by molar-refractivity contribution is -0.161. The minimum absolute atomic E-state index is 0.0573. The maximum atomic E-state index is 12.2. The van der Waals surface area contributed by atoms with Crippen LogP contribution < -0.4 is 0 Å². The summed E-state index contributed by atoms with van der Waals surface area (Å²) in [5, 5.41) is 9.61. The van der Waals surface area contributed by atoms with Gasteiger partial charge < -0.3 is 14.6 Å². The third-order valence-electron chi connectivity index (χ3n) is 11.6. The molecule has 0 rings (SSSR count). The highest BCUT2D eigenvalue weighted by Crippen LogP contribution is 2.18. The van der Waals surface area contributed by atoms with Crippen molar-refractivity contribution in [1.29, 1.82) is 0 Å². The number of carbonyl (C=O) groups excluding carboxylic acids is 2. The molecule has 54 heavy (non-hydrogen) atoms. The molecule has 0 radical (unpaired) electrons. The van der Waals surface area contributed by atoms with Crippen LogP contribution >= 0.6 is 0 Å². The quantitative estimate of drug-likeness (QED) is 0.0494. The Hall–Kier alpha value is -1.10. The number of rotatable bonds is 44. The average Bonchev–Trinajstić information content (AvgIpc) is 3.16. The van der Waals surface area contributed by atoms with E-state index in [4.69, 9.17) is 9.47 Å². The number of aliphatic hydroxyl groups excluding tert-OH is 1. The van der Waals surface area contributed by atoms with Gasteiger partial charge in [-0.15, -0.1) is 0 Å². The Bertz CT molecular complexity index is 767. The molecule has 0 aliphatic carbocycles. The van der Waals surface area contributed by atoms with E-state index in [1.54, 1.807) is 0 Å². The summed E-state index contributed by atoms with van der Waals surface area (Å²) in [6.07, 6.45) is 47.5. The number of esters is 2. The first-order valence-corrected chi connectivity index (χ1v) is 24.3. The molecule has 0 fully saturated rings. The first-order valence-electron chi connectivity index (χ1n) is 24.3. The lowest BCUT2D eigenvalue weighted by Crippen LogP contribution is -2.28. The molecule has 0 spiro atoms. The zero-order valence-corrected chi connectivity index (χ0v) is 37.1. The molecular formula is C49H96O5. The van der Waals surface area contributed by atoms with Crippen molar-refractivity contribution in [2.75, 3.05) is 13.2 Å². The van der Waals surface area contributed by atoms with Crippen LogP contribution in [-0.4, -0.2) is 36.4 Å². The van der Waals surface area contributed by atoms with Gasteiger partial charge in [-0.2, -0.15) is 0 Å². The molecule has 0 saturated heterocycles. The number of aliphatic hydroxyl groups is 1. The monoisotopic (exact) mass is 765 g/mol. The normalized spacial score (nSPS) is 12.7. The van der Waals surface area contributed by atoms with Gasteiger partial charge >= 0.3 is 11.9 Å². The fraction of sp³-hybridized carbons (Fsp3) is 0.959. The highest BCUT2D eigenvalue weighted by molar-refractivity contribution is 5.70. The fourth-order valence-corrected chi connectivity index (χ4v) is 7.54. The maximum Gasteiger partial charge on any atom is 0.306 e. The van der Waals surface area contributed by atoms with Crippen molar-refractivity contribution < 1.29 is 24.2 Å². The van der Waals surface area contributed by atoms with Gasteiger partial charge in [-0.3, -0.25) is 9.59 Å². The molecule has 0 aromatic carbocycles. The number of carbonyl (C=O) groups is 2. The first kappa shape index (κ1) is 52.9. The van der Waals surface area contributed by atoms with Crippen molar-refractivity contribution >= 4 is 11.9 Å². The van der Waals surface area contributed by atoms with Crippen LogP contribution in [0.15, 0.2) is 0 Å². The third-order valence-corrected chi connectivity index (χ3v) is 11.6. The molecule has 0 aliphatic heterocycles. The Labute approximate surface area is 338 Å². The van der Waals surface area contributed by atoms with E-state index >= 15 is 0 Å². The molecule has 2 atom stereocenters. The molecule has 5 heteroatoms. The number of ether oxygens (including phenoxy) is 2. The van der Waals surface area contributed by atoms with Crippen molar-refractivity contribution in [1.82, 2.24) is 0 Å². The van der Waals surface area contributed by atoms with E-state index in [-0.39, 0.29) is 25.2 Å². The summed E-state index contributed by atoms with van der Waals surface area (Å²) in [5.41, 5.74) is 0. The van der Waals surface area contributed by atoms with Crippen molar-refractivity contribution in [3.63, 3.8) is 0 Å². The molecule has 0 saturated carbocycles. The fourth-order valence-electron chi connectivity index (χ4n) is 7.54. The summed E-state index contributed by atoms with van der Waals surface area (Å²) in [7, 11) is 0. The first-order chi connectivity index (χ1) is 26.4. The van der Waals surface area contributed by atoms with Crippen molar-refractivity contribution in [2.45, 2.75) is 278 Å². The van der Waals surface area contributed by atoms with Crippen molar-refractivity contribution in [2.24, 2.45) is 11.8 Å². The van der Waals surface area contributed by atoms with Gasteiger partial charge in [0.2, 0.25) is 0 Å². The van der Waals surface area contributed by atoms with E-state index in [2.05, 4.69) is 27.7 Å². The molecule has 1 unspecified atom stereocenters. The number of unbranched alkanes of at least 4 members (excludes halogenated alkanes) is 31. The van der Waals surface area contributed by atoms with Gasteiger partial charge in [-0.25, -0.2) is 0 Å². The lowest BCUT2D eigenvalue weighted by atomic mass is 9.99.